The Balaban J connectivity index is 1.45. The molecule has 2 saturated heterocycles. The Morgan fingerprint density at radius 2 is 1.77 bits per heavy atom. The lowest BCUT2D eigenvalue weighted by Crippen LogP contribution is -2.37. The van der Waals surface area contributed by atoms with E-state index in [2.05, 4.69) is 5.32 Å². The van der Waals surface area contributed by atoms with Crippen LogP contribution in [0.4, 0.5) is 0 Å². The highest BCUT2D eigenvalue weighted by molar-refractivity contribution is 6.05. The molecule has 1 N–H and O–H groups in total. The lowest BCUT2D eigenvalue weighted by Gasteiger charge is -2.19. The van der Waals surface area contributed by atoms with Gasteiger partial charge in [0.2, 0.25) is 17.7 Å². The first-order valence-corrected chi connectivity index (χ1v) is 8.40. The number of carbonyl (C=O) groups excluding carboxylic acids is 3. The fourth-order valence-electron chi connectivity index (χ4n) is 3.79. The molecule has 0 radical (unpaired) electrons. The first-order valence-electron chi connectivity index (χ1n) is 8.40. The summed E-state index contributed by atoms with van der Waals surface area (Å²) in [7, 11) is 0. The number of rotatable bonds is 5. The van der Waals surface area contributed by atoms with Crippen LogP contribution in [0.25, 0.3) is 0 Å². The van der Waals surface area contributed by atoms with Crippen LogP contribution in [0.3, 0.4) is 0 Å². The molecule has 3 fully saturated rings. The maximum atomic E-state index is 12.3. The maximum Gasteiger partial charge on any atom is 0.233 e. The molecule has 3 amide bonds. The molecule has 122 valence electrons. The van der Waals surface area contributed by atoms with Gasteiger partial charge in [0.15, 0.2) is 0 Å². The highest BCUT2D eigenvalue weighted by Gasteiger charge is 2.47. The van der Waals surface area contributed by atoms with E-state index in [0.29, 0.717) is 6.54 Å². The highest BCUT2D eigenvalue weighted by atomic mass is 16.5. The van der Waals surface area contributed by atoms with E-state index in [4.69, 9.17) is 4.74 Å². The van der Waals surface area contributed by atoms with Crippen molar-refractivity contribution in [3.8, 4) is 0 Å². The minimum Gasteiger partial charge on any atom is -0.376 e. The van der Waals surface area contributed by atoms with Crippen molar-refractivity contribution >= 4 is 17.7 Å². The van der Waals surface area contributed by atoms with Gasteiger partial charge in [0.1, 0.15) is 0 Å². The van der Waals surface area contributed by atoms with Crippen LogP contribution in [0, 0.1) is 11.8 Å². The van der Waals surface area contributed by atoms with E-state index in [9.17, 15) is 14.4 Å². The van der Waals surface area contributed by atoms with Gasteiger partial charge in [-0.25, -0.2) is 0 Å². The summed E-state index contributed by atoms with van der Waals surface area (Å²) in [5.41, 5.74) is 0. The SMILES string of the molecule is O=C(CCN1C(=O)[C@@H]2CCCC[C@H]2C1=O)NC[C@H]1CCCO1. The third kappa shape index (κ3) is 3.16. The van der Waals surface area contributed by atoms with E-state index in [1.807, 2.05) is 0 Å². The molecule has 3 aliphatic rings. The Bertz CT molecular complexity index is 435. The van der Waals surface area contributed by atoms with Crippen molar-refractivity contribution in [3.63, 3.8) is 0 Å². The monoisotopic (exact) mass is 308 g/mol. The van der Waals surface area contributed by atoms with Crippen molar-refractivity contribution in [2.45, 2.75) is 51.0 Å². The molecule has 0 spiro atoms. The number of imide groups is 1. The summed E-state index contributed by atoms with van der Waals surface area (Å²) < 4.78 is 5.45. The van der Waals surface area contributed by atoms with Gasteiger partial charge in [-0.15, -0.1) is 0 Å². The smallest absolute Gasteiger partial charge is 0.233 e. The Hall–Kier alpha value is -1.43. The number of nitrogens with zero attached hydrogens (tertiary/aromatic N) is 1. The van der Waals surface area contributed by atoms with Crippen molar-refractivity contribution in [2.75, 3.05) is 19.7 Å². The topological polar surface area (TPSA) is 75.7 Å². The first-order chi connectivity index (χ1) is 10.7. The Morgan fingerprint density at radius 3 is 2.36 bits per heavy atom. The molecular weight excluding hydrogens is 284 g/mol. The summed E-state index contributed by atoms with van der Waals surface area (Å²) in [6.07, 6.45) is 6.00. The molecule has 3 atom stereocenters. The van der Waals surface area contributed by atoms with Gasteiger partial charge in [0, 0.05) is 26.1 Å². The van der Waals surface area contributed by atoms with Crippen molar-refractivity contribution < 1.29 is 19.1 Å². The molecule has 2 heterocycles. The summed E-state index contributed by atoms with van der Waals surface area (Å²) >= 11 is 0. The number of fused-ring (bicyclic) bond motifs is 1. The molecule has 3 rings (SSSR count). The van der Waals surface area contributed by atoms with E-state index in [1.165, 1.54) is 4.90 Å². The summed E-state index contributed by atoms with van der Waals surface area (Å²) in [4.78, 5) is 37.7. The Labute approximate surface area is 130 Å². The number of likely N-dealkylation sites (tertiary alicyclic amines) is 1. The van der Waals surface area contributed by atoms with Crippen LogP contribution in [-0.2, 0) is 19.1 Å². The van der Waals surface area contributed by atoms with Gasteiger partial charge in [-0.05, 0) is 25.7 Å². The first kappa shape index (κ1) is 15.5. The quantitative estimate of drug-likeness (QED) is 0.764. The van der Waals surface area contributed by atoms with E-state index in [1.54, 1.807) is 0 Å². The molecule has 6 nitrogen and oxygen atoms in total. The minimum absolute atomic E-state index is 0.0679. The molecule has 0 unspecified atom stereocenters. The van der Waals surface area contributed by atoms with Crippen LogP contribution in [0.1, 0.15) is 44.9 Å². The molecule has 0 aromatic heterocycles. The van der Waals surface area contributed by atoms with Gasteiger partial charge < -0.3 is 10.1 Å². The standard InChI is InChI=1S/C16H24N2O4/c19-14(17-10-11-4-3-9-22-11)7-8-18-15(20)12-5-1-2-6-13(12)16(18)21/h11-13H,1-10H2,(H,17,19)/t11-,12-,13-/m1/s1. The van der Waals surface area contributed by atoms with E-state index in [0.717, 1.165) is 45.1 Å². The lowest BCUT2D eigenvalue weighted by molar-refractivity contribution is -0.140. The van der Waals surface area contributed by atoms with Crippen molar-refractivity contribution in [3.05, 3.63) is 0 Å². The zero-order chi connectivity index (χ0) is 15.5. The van der Waals surface area contributed by atoms with Gasteiger partial charge in [0.25, 0.3) is 0 Å². The van der Waals surface area contributed by atoms with Gasteiger partial charge in [-0.3, -0.25) is 19.3 Å². The fraction of sp³-hybridized carbons (Fsp3) is 0.812. The third-order valence-corrected chi connectivity index (χ3v) is 5.05. The zero-order valence-electron chi connectivity index (χ0n) is 12.9. The van der Waals surface area contributed by atoms with Crippen LogP contribution in [-0.4, -0.2) is 48.4 Å². The maximum absolute atomic E-state index is 12.3. The minimum atomic E-state index is -0.129. The second-order valence-corrected chi connectivity index (χ2v) is 6.51. The molecule has 0 aromatic rings. The van der Waals surface area contributed by atoms with Gasteiger partial charge in [0.05, 0.1) is 17.9 Å². The molecule has 22 heavy (non-hydrogen) atoms. The summed E-state index contributed by atoms with van der Waals surface area (Å²) in [6, 6.07) is 0. The predicted molar refractivity (Wildman–Crippen MR) is 78.8 cm³/mol. The largest absolute Gasteiger partial charge is 0.376 e. The van der Waals surface area contributed by atoms with Crippen molar-refractivity contribution in [2.24, 2.45) is 11.8 Å². The highest BCUT2D eigenvalue weighted by Crippen LogP contribution is 2.37. The number of amides is 3. The Kier molecular flexibility index (Phi) is 4.76. The van der Waals surface area contributed by atoms with Crippen LogP contribution < -0.4 is 5.32 Å². The number of hydrogen-bond donors (Lipinski definition) is 1. The normalized spacial score (nSPS) is 31.5. The van der Waals surface area contributed by atoms with Crippen molar-refractivity contribution in [1.82, 2.24) is 10.2 Å². The third-order valence-electron chi connectivity index (χ3n) is 5.05. The summed E-state index contributed by atoms with van der Waals surface area (Å²) in [5.74, 6) is -0.512. The number of ether oxygens (including phenoxy) is 1. The average Bonchev–Trinajstić information content (AvgIpc) is 3.13. The van der Waals surface area contributed by atoms with Crippen LogP contribution in [0.2, 0.25) is 0 Å². The molecule has 1 saturated carbocycles. The molecule has 0 bridgehead atoms. The second-order valence-electron chi connectivity index (χ2n) is 6.51. The fourth-order valence-corrected chi connectivity index (χ4v) is 3.79. The van der Waals surface area contributed by atoms with E-state index < -0.39 is 0 Å². The van der Waals surface area contributed by atoms with Crippen LogP contribution >= 0.6 is 0 Å². The average molecular weight is 308 g/mol. The molecule has 2 aliphatic heterocycles. The molecular formula is C16H24N2O4. The number of carbonyl (C=O) groups is 3. The predicted octanol–water partition coefficient (Wildman–Crippen LogP) is 0.847. The van der Waals surface area contributed by atoms with E-state index >= 15 is 0 Å². The van der Waals surface area contributed by atoms with Gasteiger partial charge in [-0.1, -0.05) is 12.8 Å². The van der Waals surface area contributed by atoms with Gasteiger partial charge in [-0.2, -0.15) is 0 Å². The van der Waals surface area contributed by atoms with Crippen molar-refractivity contribution in [1.29, 1.82) is 0 Å². The van der Waals surface area contributed by atoms with Gasteiger partial charge >= 0.3 is 0 Å². The van der Waals surface area contributed by atoms with Crippen LogP contribution in [0.5, 0.6) is 0 Å². The lowest BCUT2D eigenvalue weighted by atomic mass is 9.81. The molecule has 1 aliphatic carbocycles. The summed E-state index contributed by atoms with van der Waals surface area (Å²) in [6.45, 7) is 1.49. The Morgan fingerprint density at radius 1 is 1.09 bits per heavy atom. The summed E-state index contributed by atoms with van der Waals surface area (Å²) in [5, 5.41) is 2.83. The number of nitrogens with one attached hydrogen (secondary N) is 1. The van der Waals surface area contributed by atoms with E-state index in [-0.39, 0.29) is 48.6 Å². The number of hydrogen-bond acceptors (Lipinski definition) is 4. The second kappa shape index (κ2) is 6.77. The molecule has 0 aromatic carbocycles. The molecule has 6 heteroatoms. The van der Waals surface area contributed by atoms with Crippen LogP contribution in [0.15, 0.2) is 0 Å². The zero-order valence-corrected chi connectivity index (χ0v) is 12.9.